The minimum atomic E-state index is -3.64. The normalized spacial score (nSPS) is 12.5. The second kappa shape index (κ2) is 9.31. The van der Waals surface area contributed by atoms with E-state index in [1.165, 1.54) is 0 Å². The number of hydrogen-bond acceptors (Lipinski definition) is 4. The van der Waals surface area contributed by atoms with E-state index in [-0.39, 0.29) is 12.0 Å². The molecule has 0 radical (unpaired) electrons. The van der Waals surface area contributed by atoms with Crippen LogP contribution in [0.3, 0.4) is 0 Å². The second-order valence-electron chi connectivity index (χ2n) is 7.53. The minimum absolute atomic E-state index is 0.0915. The van der Waals surface area contributed by atoms with Gasteiger partial charge in [0.25, 0.3) is 0 Å². The summed E-state index contributed by atoms with van der Waals surface area (Å²) in [6.07, 6.45) is 1.20. The number of anilines is 1. The van der Waals surface area contributed by atoms with Gasteiger partial charge in [0.2, 0.25) is 15.9 Å². The molecule has 0 saturated heterocycles. The molecule has 2 aromatic rings. The molecule has 2 rings (SSSR count). The summed E-state index contributed by atoms with van der Waals surface area (Å²) in [6.45, 7) is 9.67. The maximum Gasteiger partial charge on any atom is 0.243 e. The number of rotatable bonds is 8. The second-order valence-corrected chi connectivity index (χ2v) is 9.39. The molecule has 0 aliphatic rings. The van der Waals surface area contributed by atoms with Crippen LogP contribution in [0.15, 0.2) is 42.5 Å². The summed E-state index contributed by atoms with van der Waals surface area (Å²) in [6, 6.07) is 11.9. The highest BCUT2D eigenvalue weighted by Crippen LogP contribution is 2.24. The van der Waals surface area contributed by atoms with Crippen molar-refractivity contribution in [3.05, 3.63) is 59.2 Å². The summed E-state index contributed by atoms with van der Waals surface area (Å²) in [7, 11) is -3.64. The zero-order chi connectivity index (χ0) is 21.8. The predicted molar refractivity (Wildman–Crippen MR) is 117 cm³/mol. The summed E-state index contributed by atoms with van der Waals surface area (Å²) in [5, 5.41) is 2.82. The standard InChI is InChI=1S/C22H30N2O4S/c1-15(2)28-21-11-8-19(9-12-21)14-23-22(25)18(5)24(29(6,26)27)20-10-7-16(3)17(4)13-20/h7-13,15,18H,14H2,1-6H3,(H,23,25)/t18-/m0/s1. The average Bonchev–Trinajstić information content (AvgIpc) is 2.62. The summed E-state index contributed by atoms with van der Waals surface area (Å²) < 4.78 is 31.6. The first kappa shape index (κ1) is 22.7. The molecule has 7 heteroatoms. The molecule has 0 unspecified atom stereocenters. The maximum absolute atomic E-state index is 12.7. The van der Waals surface area contributed by atoms with Crippen molar-refractivity contribution in [3.63, 3.8) is 0 Å². The number of carbonyl (C=O) groups excluding carboxylic acids is 1. The van der Waals surface area contributed by atoms with Crippen LogP contribution in [-0.2, 0) is 21.4 Å². The summed E-state index contributed by atoms with van der Waals surface area (Å²) in [4.78, 5) is 12.7. The largest absolute Gasteiger partial charge is 0.491 e. The highest BCUT2D eigenvalue weighted by atomic mass is 32.2. The van der Waals surface area contributed by atoms with Crippen molar-refractivity contribution >= 4 is 21.6 Å². The van der Waals surface area contributed by atoms with E-state index in [1.807, 2.05) is 58.0 Å². The Morgan fingerprint density at radius 1 is 1.03 bits per heavy atom. The van der Waals surface area contributed by atoms with Gasteiger partial charge in [-0.15, -0.1) is 0 Å². The number of aryl methyl sites for hydroxylation is 2. The first-order chi connectivity index (χ1) is 13.5. The van der Waals surface area contributed by atoms with Crippen LogP contribution in [0.4, 0.5) is 5.69 Å². The van der Waals surface area contributed by atoms with Crippen molar-refractivity contribution in [3.8, 4) is 5.75 Å². The van der Waals surface area contributed by atoms with Crippen LogP contribution < -0.4 is 14.4 Å². The van der Waals surface area contributed by atoms with E-state index in [1.54, 1.807) is 19.1 Å². The summed E-state index contributed by atoms with van der Waals surface area (Å²) in [5.74, 6) is 0.401. The Bertz CT molecular complexity index is 953. The molecule has 0 saturated carbocycles. The molecule has 0 spiro atoms. The third-order valence-corrected chi connectivity index (χ3v) is 5.84. The molecule has 1 atom stereocenters. The zero-order valence-corrected chi connectivity index (χ0v) is 18.7. The lowest BCUT2D eigenvalue weighted by atomic mass is 10.1. The van der Waals surface area contributed by atoms with E-state index in [0.717, 1.165) is 33.0 Å². The van der Waals surface area contributed by atoms with Gasteiger partial charge < -0.3 is 10.1 Å². The Hall–Kier alpha value is -2.54. The number of amides is 1. The van der Waals surface area contributed by atoms with Crippen molar-refractivity contribution in [2.24, 2.45) is 0 Å². The average molecular weight is 419 g/mol. The molecule has 0 aliphatic carbocycles. The van der Waals surface area contributed by atoms with Crippen molar-refractivity contribution < 1.29 is 17.9 Å². The van der Waals surface area contributed by atoms with Crippen LogP contribution >= 0.6 is 0 Å². The fourth-order valence-electron chi connectivity index (χ4n) is 2.97. The first-order valence-corrected chi connectivity index (χ1v) is 11.4. The van der Waals surface area contributed by atoms with Crippen molar-refractivity contribution in [2.75, 3.05) is 10.6 Å². The fourth-order valence-corrected chi connectivity index (χ4v) is 4.13. The van der Waals surface area contributed by atoms with Gasteiger partial charge in [-0.1, -0.05) is 18.2 Å². The van der Waals surface area contributed by atoms with Crippen LogP contribution in [0.5, 0.6) is 5.75 Å². The van der Waals surface area contributed by atoms with Gasteiger partial charge in [0, 0.05) is 6.54 Å². The number of ether oxygens (including phenoxy) is 1. The molecule has 1 N–H and O–H groups in total. The van der Waals surface area contributed by atoms with Crippen molar-refractivity contribution in [1.82, 2.24) is 5.32 Å². The van der Waals surface area contributed by atoms with Crippen molar-refractivity contribution in [1.29, 1.82) is 0 Å². The Morgan fingerprint density at radius 3 is 2.17 bits per heavy atom. The molecule has 2 aromatic carbocycles. The van der Waals surface area contributed by atoms with Gasteiger partial charge in [-0.25, -0.2) is 8.42 Å². The Balaban J connectivity index is 2.12. The molecule has 0 heterocycles. The quantitative estimate of drug-likeness (QED) is 0.711. The molecular formula is C22H30N2O4S. The van der Waals surface area contributed by atoms with Gasteiger partial charge in [-0.2, -0.15) is 0 Å². The molecule has 0 bridgehead atoms. The van der Waals surface area contributed by atoms with E-state index >= 15 is 0 Å². The Morgan fingerprint density at radius 2 is 1.66 bits per heavy atom. The lowest BCUT2D eigenvalue weighted by Crippen LogP contribution is -2.47. The van der Waals surface area contributed by atoms with Gasteiger partial charge >= 0.3 is 0 Å². The highest BCUT2D eigenvalue weighted by Gasteiger charge is 2.29. The third kappa shape index (κ3) is 6.22. The Kier molecular flexibility index (Phi) is 7.30. The predicted octanol–water partition coefficient (Wildman–Crippen LogP) is 3.56. The van der Waals surface area contributed by atoms with Gasteiger partial charge in [0.15, 0.2) is 0 Å². The number of sulfonamides is 1. The number of carbonyl (C=O) groups is 1. The number of hydrogen-bond donors (Lipinski definition) is 1. The lowest BCUT2D eigenvalue weighted by Gasteiger charge is -2.28. The lowest BCUT2D eigenvalue weighted by molar-refractivity contribution is -0.122. The highest BCUT2D eigenvalue weighted by molar-refractivity contribution is 7.92. The van der Waals surface area contributed by atoms with E-state index in [9.17, 15) is 13.2 Å². The monoisotopic (exact) mass is 418 g/mol. The molecule has 0 aromatic heterocycles. The molecular weight excluding hydrogens is 388 g/mol. The van der Waals surface area contributed by atoms with Gasteiger partial charge in [-0.05, 0) is 75.6 Å². The molecule has 0 aliphatic heterocycles. The maximum atomic E-state index is 12.7. The molecule has 1 amide bonds. The minimum Gasteiger partial charge on any atom is -0.491 e. The van der Waals surface area contributed by atoms with Gasteiger partial charge in [-0.3, -0.25) is 9.10 Å². The number of nitrogens with one attached hydrogen (secondary N) is 1. The van der Waals surface area contributed by atoms with Crippen LogP contribution in [0.25, 0.3) is 0 Å². The van der Waals surface area contributed by atoms with Gasteiger partial charge in [0.05, 0.1) is 18.0 Å². The Labute approximate surface area is 173 Å². The summed E-state index contributed by atoms with van der Waals surface area (Å²) >= 11 is 0. The number of nitrogens with zero attached hydrogens (tertiary/aromatic N) is 1. The molecule has 0 fully saturated rings. The van der Waals surface area contributed by atoms with Crippen molar-refractivity contribution in [2.45, 2.75) is 53.3 Å². The van der Waals surface area contributed by atoms with Crippen LogP contribution in [0.2, 0.25) is 0 Å². The fraction of sp³-hybridized carbons (Fsp3) is 0.409. The van der Waals surface area contributed by atoms with E-state index in [0.29, 0.717) is 12.2 Å². The van der Waals surface area contributed by atoms with Crippen LogP contribution in [0, 0.1) is 13.8 Å². The third-order valence-electron chi connectivity index (χ3n) is 4.60. The van der Waals surface area contributed by atoms with E-state index in [4.69, 9.17) is 4.74 Å². The van der Waals surface area contributed by atoms with E-state index in [2.05, 4.69) is 5.32 Å². The molecule has 29 heavy (non-hydrogen) atoms. The first-order valence-electron chi connectivity index (χ1n) is 9.59. The summed E-state index contributed by atoms with van der Waals surface area (Å²) in [5.41, 5.74) is 3.41. The number of benzene rings is 2. The topological polar surface area (TPSA) is 75.7 Å². The van der Waals surface area contributed by atoms with E-state index < -0.39 is 16.1 Å². The SMILES string of the molecule is Cc1ccc(N([C@@H](C)C(=O)NCc2ccc(OC(C)C)cc2)S(C)(=O)=O)cc1C. The smallest absolute Gasteiger partial charge is 0.243 e. The molecule has 6 nitrogen and oxygen atoms in total. The van der Waals surface area contributed by atoms with Crippen LogP contribution in [0.1, 0.15) is 37.5 Å². The molecule has 158 valence electrons. The van der Waals surface area contributed by atoms with Gasteiger partial charge in [0.1, 0.15) is 11.8 Å². The van der Waals surface area contributed by atoms with Crippen LogP contribution in [-0.4, -0.2) is 32.7 Å². The zero-order valence-electron chi connectivity index (χ0n) is 17.9.